The fourth-order valence-electron chi connectivity index (χ4n) is 2.51. The van der Waals surface area contributed by atoms with Gasteiger partial charge in [0.05, 0.1) is 24.2 Å². The number of rotatable bonds is 6. The molecular weight excluding hydrogens is 326 g/mol. The van der Waals surface area contributed by atoms with Crippen LogP contribution < -0.4 is 15.4 Å². The summed E-state index contributed by atoms with van der Waals surface area (Å²) in [6.45, 7) is 4.49. The number of aromatic nitrogens is 1. The number of carbonyl (C=O) groups is 1. The number of amides is 1. The van der Waals surface area contributed by atoms with Crippen molar-refractivity contribution >= 4 is 23.0 Å². The fourth-order valence-corrected chi connectivity index (χ4v) is 2.51. The molecule has 1 heterocycles. The predicted molar refractivity (Wildman–Crippen MR) is 104 cm³/mol. The molecule has 26 heavy (non-hydrogen) atoms. The van der Waals surface area contributed by atoms with E-state index >= 15 is 0 Å². The highest BCUT2D eigenvalue weighted by Gasteiger charge is 2.09. The van der Waals surface area contributed by atoms with Crippen molar-refractivity contribution in [2.24, 2.45) is 0 Å². The predicted octanol–water partition coefficient (Wildman–Crippen LogP) is 4.78. The van der Waals surface area contributed by atoms with Crippen LogP contribution in [0.15, 0.2) is 66.9 Å². The van der Waals surface area contributed by atoms with E-state index in [1.807, 2.05) is 68.4 Å². The van der Waals surface area contributed by atoms with Gasteiger partial charge in [0, 0.05) is 5.69 Å². The Morgan fingerprint density at radius 2 is 1.73 bits per heavy atom. The van der Waals surface area contributed by atoms with Crippen LogP contribution >= 0.6 is 0 Å². The molecule has 0 aliphatic rings. The summed E-state index contributed by atoms with van der Waals surface area (Å²) in [5.74, 6) is 0.539. The van der Waals surface area contributed by atoms with E-state index < -0.39 is 0 Å². The topological polar surface area (TPSA) is 63.2 Å². The van der Waals surface area contributed by atoms with Crippen LogP contribution in [-0.4, -0.2) is 17.5 Å². The first-order chi connectivity index (χ1) is 12.7. The van der Waals surface area contributed by atoms with Crippen molar-refractivity contribution in [3.8, 4) is 5.75 Å². The number of aryl methyl sites for hydroxylation is 1. The molecule has 5 nitrogen and oxygen atoms in total. The number of anilines is 3. The molecule has 0 atom stereocenters. The zero-order valence-corrected chi connectivity index (χ0v) is 14.8. The second-order valence-electron chi connectivity index (χ2n) is 5.76. The van der Waals surface area contributed by atoms with Gasteiger partial charge in [0.2, 0.25) is 0 Å². The van der Waals surface area contributed by atoms with Crippen LogP contribution in [0.1, 0.15) is 23.0 Å². The molecule has 2 aromatic carbocycles. The molecule has 0 bridgehead atoms. The van der Waals surface area contributed by atoms with Crippen LogP contribution in [0.25, 0.3) is 0 Å². The van der Waals surface area contributed by atoms with E-state index in [0.717, 1.165) is 28.4 Å². The molecule has 3 aromatic rings. The van der Waals surface area contributed by atoms with Gasteiger partial charge >= 0.3 is 0 Å². The summed E-state index contributed by atoms with van der Waals surface area (Å²) in [6, 6.07) is 18.9. The van der Waals surface area contributed by atoms with E-state index in [0.29, 0.717) is 12.3 Å². The molecule has 1 aromatic heterocycles. The molecular formula is C21H21N3O2. The molecule has 0 aliphatic carbocycles. The molecule has 0 fully saturated rings. The highest BCUT2D eigenvalue weighted by Crippen LogP contribution is 2.27. The van der Waals surface area contributed by atoms with Crippen LogP contribution in [0.4, 0.5) is 17.1 Å². The third-order valence-electron chi connectivity index (χ3n) is 3.86. The van der Waals surface area contributed by atoms with Crippen molar-refractivity contribution in [3.63, 3.8) is 0 Å². The van der Waals surface area contributed by atoms with Crippen molar-refractivity contribution < 1.29 is 9.53 Å². The van der Waals surface area contributed by atoms with Crippen molar-refractivity contribution in [3.05, 3.63) is 78.1 Å². The zero-order chi connectivity index (χ0) is 18.4. The minimum absolute atomic E-state index is 0.236. The molecule has 5 heteroatoms. The van der Waals surface area contributed by atoms with E-state index in [1.165, 1.54) is 0 Å². The summed E-state index contributed by atoms with van der Waals surface area (Å²) in [5, 5.41) is 6.14. The van der Waals surface area contributed by atoms with Gasteiger partial charge in [-0.2, -0.15) is 0 Å². The highest BCUT2D eigenvalue weighted by atomic mass is 16.5. The maximum absolute atomic E-state index is 12.4. The quantitative estimate of drug-likeness (QED) is 0.673. The van der Waals surface area contributed by atoms with E-state index in [-0.39, 0.29) is 5.91 Å². The van der Waals surface area contributed by atoms with Crippen molar-refractivity contribution in [1.29, 1.82) is 0 Å². The van der Waals surface area contributed by atoms with Gasteiger partial charge in [0.15, 0.2) is 0 Å². The Balaban J connectivity index is 1.71. The number of nitrogens with zero attached hydrogens (tertiary/aromatic N) is 1. The summed E-state index contributed by atoms with van der Waals surface area (Å²) < 4.78 is 5.60. The molecule has 0 saturated heterocycles. The third-order valence-corrected chi connectivity index (χ3v) is 3.86. The molecule has 0 saturated carbocycles. The van der Waals surface area contributed by atoms with Crippen LogP contribution in [0.2, 0.25) is 0 Å². The number of para-hydroxylation sites is 3. The molecule has 0 spiro atoms. The maximum Gasteiger partial charge on any atom is 0.274 e. The normalized spacial score (nSPS) is 10.2. The first kappa shape index (κ1) is 17.5. The molecule has 3 rings (SSSR count). The van der Waals surface area contributed by atoms with Gasteiger partial charge in [-0.05, 0) is 49.7 Å². The lowest BCUT2D eigenvalue weighted by Gasteiger charge is -2.12. The lowest BCUT2D eigenvalue weighted by atomic mass is 10.2. The Morgan fingerprint density at radius 1 is 1.00 bits per heavy atom. The lowest BCUT2D eigenvalue weighted by Crippen LogP contribution is -2.14. The third kappa shape index (κ3) is 4.19. The Labute approximate surface area is 153 Å². The Bertz CT molecular complexity index is 892. The maximum atomic E-state index is 12.4. The lowest BCUT2D eigenvalue weighted by molar-refractivity contribution is 0.102. The van der Waals surface area contributed by atoms with Gasteiger partial charge in [0.25, 0.3) is 5.91 Å². The molecule has 132 valence electrons. The summed E-state index contributed by atoms with van der Waals surface area (Å²) in [4.78, 5) is 16.6. The Hall–Kier alpha value is -3.34. The van der Waals surface area contributed by atoms with Crippen LogP contribution in [-0.2, 0) is 0 Å². The fraction of sp³-hybridized carbons (Fsp3) is 0.143. The van der Waals surface area contributed by atoms with Crippen molar-refractivity contribution in [2.45, 2.75) is 13.8 Å². The van der Waals surface area contributed by atoms with Gasteiger partial charge in [-0.3, -0.25) is 4.79 Å². The first-order valence-electron chi connectivity index (χ1n) is 8.49. The summed E-state index contributed by atoms with van der Waals surface area (Å²) in [7, 11) is 0. The number of hydrogen-bond donors (Lipinski definition) is 2. The monoisotopic (exact) mass is 347 g/mol. The van der Waals surface area contributed by atoms with E-state index in [9.17, 15) is 4.79 Å². The van der Waals surface area contributed by atoms with Crippen LogP contribution in [0.5, 0.6) is 5.75 Å². The molecule has 0 unspecified atom stereocenters. The van der Waals surface area contributed by atoms with Gasteiger partial charge in [-0.1, -0.05) is 30.3 Å². The van der Waals surface area contributed by atoms with Gasteiger partial charge < -0.3 is 15.4 Å². The number of pyridine rings is 1. The molecule has 0 aliphatic heterocycles. The number of benzene rings is 2. The van der Waals surface area contributed by atoms with Crippen molar-refractivity contribution in [1.82, 2.24) is 4.98 Å². The zero-order valence-electron chi connectivity index (χ0n) is 14.8. The number of hydrogen-bond acceptors (Lipinski definition) is 4. The summed E-state index contributed by atoms with van der Waals surface area (Å²) in [5.41, 5.74) is 3.79. The second kappa shape index (κ2) is 8.16. The Morgan fingerprint density at radius 3 is 2.42 bits per heavy atom. The largest absolute Gasteiger partial charge is 0.492 e. The highest BCUT2D eigenvalue weighted by molar-refractivity contribution is 6.03. The average molecular weight is 347 g/mol. The van der Waals surface area contributed by atoms with E-state index in [4.69, 9.17) is 4.74 Å². The SMILES string of the molecule is CCOc1ccccc1Nc1ccc(C(=O)Nc2ccccc2C)nc1. The number of nitrogens with one attached hydrogen (secondary N) is 2. The molecule has 1 amide bonds. The minimum Gasteiger partial charge on any atom is -0.492 e. The smallest absolute Gasteiger partial charge is 0.274 e. The van der Waals surface area contributed by atoms with Crippen LogP contribution in [0.3, 0.4) is 0 Å². The molecule has 2 N–H and O–H groups in total. The van der Waals surface area contributed by atoms with Crippen LogP contribution in [0, 0.1) is 6.92 Å². The van der Waals surface area contributed by atoms with E-state index in [2.05, 4.69) is 15.6 Å². The Kier molecular flexibility index (Phi) is 5.49. The first-order valence-corrected chi connectivity index (χ1v) is 8.49. The number of carbonyl (C=O) groups excluding carboxylic acids is 1. The van der Waals surface area contributed by atoms with Gasteiger partial charge in [-0.15, -0.1) is 0 Å². The summed E-state index contributed by atoms with van der Waals surface area (Å²) >= 11 is 0. The molecule has 0 radical (unpaired) electrons. The average Bonchev–Trinajstić information content (AvgIpc) is 2.66. The minimum atomic E-state index is -0.236. The van der Waals surface area contributed by atoms with Crippen molar-refractivity contribution in [2.75, 3.05) is 17.2 Å². The second-order valence-corrected chi connectivity index (χ2v) is 5.76. The number of ether oxygens (including phenoxy) is 1. The summed E-state index contributed by atoms with van der Waals surface area (Å²) in [6.07, 6.45) is 1.63. The van der Waals surface area contributed by atoms with Gasteiger partial charge in [0.1, 0.15) is 11.4 Å². The van der Waals surface area contributed by atoms with Gasteiger partial charge in [-0.25, -0.2) is 4.98 Å². The van der Waals surface area contributed by atoms with E-state index in [1.54, 1.807) is 12.3 Å². The standard InChI is InChI=1S/C21H21N3O2/c1-3-26-20-11-7-6-10-18(20)23-16-12-13-19(22-14-16)21(25)24-17-9-5-4-8-15(17)2/h4-14,23H,3H2,1-2H3,(H,24,25).